The molecule has 0 saturated carbocycles. The molecule has 0 aromatic heterocycles. The van der Waals surface area contributed by atoms with Crippen LogP contribution >= 0.6 is 37.2 Å². The minimum absolute atomic E-state index is 0.231. The van der Waals surface area contributed by atoms with E-state index in [1.54, 1.807) is 13.8 Å². The van der Waals surface area contributed by atoms with E-state index in [2.05, 4.69) is 37.2 Å². The minimum atomic E-state index is -0.741. The second-order valence-electron chi connectivity index (χ2n) is 1.49. The topological polar surface area (TPSA) is 37.3 Å². The SMILES string of the molecule is CC(C)C(=O)O.II. The molecule has 0 unspecified atom stereocenters. The lowest BCUT2D eigenvalue weighted by molar-refractivity contribution is -0.140. The van der Waals surface area contributed by atoms with E-state index >= 15 is 0 Å². The van der Waals surface area contributed by atoms with Gasteiger partial charge in [0.25, 0.3) is 0 Å². The first-order valence-corrected chi connectivity index (χ1v) is 8.30. The van der Waals surface area contributed by atoms with Gasteiger partial charge in [-0.1, -0.05) is 13.8 Å². The van der Waals surface area contributed by atoms with Gasteiger partial charge in [-0.2, -0.15) is 0 Å². The monoisotopic (exact) mass is 342 g/mol. The highest BCUT2D eigenvalue weighted by atomic mass is 128. The second kappa shape index (κ2) is 7.93. The second-order valence-corrected chi connectivity index (χ2v) is 1.49. The van der Waals surface area contributed by atoms with Crippen molar-refractivity contribution in [2.75, 3.05) is 0 Å². The molecule has 8 heavy (non-hydrogen) atoms. The normalized spacial score (nSPS) is 7.62. The fourth-order valence-electron chi connectivity index (χ4n) is 0. The lowest BCUT2D eigenvalue weighted by atomic mass is 10.2. The van der Waals surface area contributed by atoms with Crippen LogP contribution in [0.25, 0.3) is 0 Å². The van der Waals surface area contributed by atoms with E-state index in [0.29, 0.717) is 0 Å². The van der Waals surface area contributed by atoms with E-state index in [4.69, 9.17) is 5.11 Å². The predicted octanol–water partition coefficient (Wildman–Crippen LogP) is 2.50. The number of aliphatic carboxylic acids is 1. The largest absolute Gasteiger partial charge is 0.481 e. The quantitative estimate of drug-likeness (QED) is 0.744. The van der Waals surface area contributed by atoms with E-state index in [1.165, 1.54) is 0 Å². The van der Waals surface area contributed by atoms with E-state index < -0.39 is 5.97 Å². The van der Waals surface area contributed by atoms with Crippen LogP contribution in [0.4, 0.5) is 0 Å². The molecule has 0 aromatic rings. The van der Waals surface area contributed by atoms with Crippen LogP contribution in [-0.4, -0.2) is 11.1 Å². The third kappa shape index (κ3) is 10.0. The molecule has 0 aliphatic rings. The van der Waals surface area contributed by atoms with Crippen LogP contribution in [-0.2, 0) is 4.79 Å². The molecule has 0 amide bonds. The fourth-order valence-corrected chi connectivity index (χ4v) is 0. The summed E-state index contributed by atoms with van der Waals surface area (Å²) in [4.78, 5) is 9.70. The number of hydrogen-bond acceptors (Lipinski definition) is 1. The van der Waals surface area contributed by atoms with Crippen LogP contribution in [0.3, 0.4) is 0 Å². The van der Waals surface area contributed by atoms with Crippen LogP contribution in [0.2, 0.25) is 0 Å². The van der Waals surface area contributed by atoms with Gasteiger partial charge in [-0.25, -0.2) is 0 Å². The Morgan fingerprint density at radius 1 is 1.50 bits per heavy atom. The van der Waals surface area contributed by atoms with E-state index in [9.17, 15) is 4.79 Å². The molecular formula is C4H8I2O2. The van der Waals surface area contributed by atoms with Crippen molar-refractivity contribution < 1.29 is 9.90 Å². The first kappa shape index (κ1) is 11.7. The summed E-state index contributed by atoms with van der Waals surface area (Å²) in [5, 5.41) is 7.99. The van der Waals surface area contributed by atoms with Crippen LogP contribution in [0.15, 0.2) is 0 Å². The van der Waals surface area contributed by atoms with E-state index in [0.717, 1.165) is 0 Å². The zero-order valence-corrected chi connectivity index (χ0v) is 9.00. The van der Waals surface area contributed by atoms with Gasteiger partial charge in [0, 0.05) is 37.2 Å². The molecule has 0 saturated heterocycles. The Balaban J connectivity index is 0. The zero-order chi connectivity index (χ0) is 7.15. The molecule has 0 bridgehead atoms. The maximum Gasteiger partial charge on any atom is 0.305 e. The molecule has 0 heterocycles. The van der Waals surface area contributed by atoms with Gasteiger partial charge in [0.15, 0.2) is 0 Å². The summed E-state index contributed by atoms with van der Waals surface area (Å²) in [7, 11) is 0. The lowest BCUT2D eigenvalue weighted by Crippen LogP contribution is -2.03. The van der Waals surface area contributed by atoms with Gasteiger partial charge < -0.3 is 5.11 Å². The average molecular weight is 342 g/mol. The Hall–Kier alpha value is 0.930. The third-order valence-electron chi connectivity index (χ3n) is 0.494. The van der Waals surface area contributed by atoms with Gasteiger partial charge in [0.1, 0.15) is 0 Å². The Bertz CT molecular complexity index is 63.1. The smallest absolute Gasteiger partial charge is 0.305 e. The number of carboxylic acid groups (broad SMARTS) is 1. The molecule has 0 atom stereocenters. The van der Waals surface area contributed by atoms with Gasteiger partial charge in [0.05, 0.1) is 5.92 Å². The molecule has 0 rings (SSSR count). The zero-order valence-electron chi connectivity index (χ0n) is 4.69. The highest BCUT2D eigenvalue weighted by Gasteiger charge is 1.99. The number of carboxylic acids is 1. The molecular weight excluding hydrogens is 334 g/mol. The van der Waals surface area contributed by atoms with Crippen LogP contribution in [0.5, 0.6) is 0 Å². The Kier molecular flexibility index (Phi) is 11.6. The van der Waals surface area contributed by atoms with Crippen LogP contribution < -0.4 is 0 Å². The summed E-state index contributed by atoms with van der Waals surface area (Å²) in [6, 6.07) is 0. The average Bonchev–Trinajstić information content (AvgIpc) is 1.72. The maximum absolute atomic E-state index is 9.70. The van der Waals surface area contributed by atoms with Crippen molar-refractivity contribution in [2.45, 2.75) is 13.8 Å². The van der Waals surface area contributed by atoms with Crippen molar-refractivity contribution in [3.63, 3.8) is 0 Å². The summed E-state index contributed by atoms with van der Waals surface area (Å²) in [6.45, 7) is 3.28. The van der Waals surface area contributed by atoms with Crippen molar-refractivity contribution in [3.8, 4) is 0 Å². The van der Waals surface area contributed by atoms with Gasteiger partial charge in [-0.3, -0.25) is 4.79 Å². The summed E-state index contributed by atoms with van der Waals surface area (Å²) >= 11 is 4.24. The van der Waals surface area contributed by atoms with Gasteiger partial charge in [-0.15, -0.1) is 0 Å². The number of halogens is 2. The summed E-state index contributed by atoms with van der Waals surface area (Å²) in [5.41, 5.74) is 0. The molecule has 2 nitrogen and oxygen atoms in total. The van der Waals surface area contributed by atoms with Gasteiger partial charge in [0.2, 0.25) is 0 Å². The van der Waals surface area contributed by atoms with E-state index in [1.807, 2.05) is 0 Å². The lowest BCUT2D eigenvalue weighted by Gasteiger charge is -1.89. The molecule has 0 spiro atoms. The van der Waals surface area contributed by atoms with Crippen LogP contribution in [0.1, 0.15) is 13.8 Å². The summed E-state index contributed by atoms with van der Waals surface area (Å²) in [6.07, 6.45) is 0. The Morgan fingerprint density at radius 3 is 1.62 bits per heavy atom. The molecule has 4 heteroatoms. The maximum atomic E-state index is 9.70. The molecule has 0 radical (unpaired) electrons. The molecule has 1 N–H and O–H groups in total. The van der Waals surface area contributed by atoms with Crippen LogP contribution in [0, 0.1) is 5.92 Å². The highest BCUT2D eigenvalue weighted by molar-refractivity contribution is 15.0. The van der Waals surface area contributed by atoms with Crippen molar-refractivity contribution in [1.29, 1.82) is 0 Å². The van der Waals surface area contributed by atoms with Crippen molar-refractivity contribution in [1.82, 2.24) is 0 Å². The summed E-state index contributed by atoms with van der Waals surface area (Å²) in [5.74, 6) is -0.972. The third-order valence-corrected chi connectivity index (χ3v) is 0.494. The van der Waals surface area contributed by atoms with Gasteiger partial charge in [-0.05, 0) is 0 Å². The first-order chi connectivity index (χ1) is 3.64. The number of carbonyl (C=O) groups is 1. The Morgan fingerprint density at radius 2 is 1.62 bits per heavy atom. The predicted molar refractivity (Wildman–Crippen MR) is 50.5 cm³/mol. The minimum Gasteiger partial charge on any atom is -0.481 e. The molecule has 0 aliphatic heterocycles. The molecule has 0 aliphatic carbocycles. The Labute approximate surface area is 72.4 Å². The van der Waals surface area contributed by atoms with Crippen molar-refractivity contribution >= 4 is 43.2 Å². The number of hydrogen-bond donors (Lipinski definition) is 1. The molecule has 50 valence electrons. The number of rotatable bonds is 1. The van der Waals surface area contributed by atoms with Crippen molar-refractivity contribution in [2.24, 2.45) is 5.92 Å². The summed E-state index contributed by atoms with van der Waals surface area (Å²) < 4.78 is 0. The van der Waals surface area contributed by atoms with Crippen molar-refractivity contribution in [3.05, 3.63) is 0 Å². The standard InChI is InChI=1S/C4H8O2.I2/c1-3(2)4(5)6;1-2/h3H,1-2H3,(H,5,6);. The molecule has 0 aromatic carbocycles. The molecule has 0 fully saturated rings. The first-order valence-electron chi connectivity index (χ1n) is 2.01. The highest BCUT2D eigenvalue weighted by Crippen LogP contribution is 1.89. The van der Waals surface area contributed by atoms with E-state index in [-0.39, 0.29) is 5.92 Å². The fraction of sp³-hybridized carbons (Fsp3) is 0.750. The van der Waals surface area contributed by atoms with Gasteiger partial charge >= 0.3 is 5.97 Å².